The highest BCUT2D eigenvalue weighted by atomic mass is 35.5. The molecule has 0 spiro atoms. The second-order valence-corrected chi connectivity index (χ2v) is 5.97. The molecule has 1 N–H and O–H groups in total. The Morgan fingerprint density at radius 1 is 1.33 bits per heavy atom. The fourth-order valence-electron chi connectivity index (χ4n) is 2.70. The van der Waals surface area contributed by atoms with Crippen molar-refractivity contribution in [1.82, 2.24) is 15.2 Å². The van der Waals surface area contributed by atoms with Gasteiger partial charge in [-0.05, 0) is 31.0 Å². The molecule has 1 atom stereocenters. The van der Waals surface area contributed by atoms with E-state index in [4.69, 9.17) is 16.3 Å². The van der Waals surface area contributed by atoms with E-state index >= 15 is 0 Å². The number of pyridine rings is 1. The molecule has 2 aromatic heterocycles. The van der Waals surface area contributed by atoms with E-state index in [0.717, 1.165) is 25.2 Å². The minimum Gasteiger partial charge on any atom is -0.481 e. The Labute approximate surface area is 145 Å². The highest BCUT2D eigenvalue weighted by Crippen LogP contribution is 2.23. The van der Waals surface area contributed by atoms with Crippen molar-refractivity contribution in [2.75, 3.05) is 30.4 Å². The molecule has 0 unspecified atom stereocenters. The Balaban J connectivity index is 1.63. The molecular weight excluding hydrogens is 330 g/mol. The van der Waals surface area contributed by atoms with Crippen molar-refractivity contribution in [3.63, 3.8) is 0 Å². The van der Waals surface area contributed by atoms with E-state index in [1.165, 1.54) is 0 Å². The highest BCUT2D eigenvalue weighted by molar-refractivity contribution is 6.29. The van der Waals surface area contributed by atoms with Crippen LogP contribution < -0.4 is 15.0 Å². The standard InChI is InChI=1S/C16H18ClN5O2/c1-24-15-7-4-12(9-18-15)19-16(23)11-3-2-8-22(10-11)14-6-5-13(17)20-21-14/h4-7,9,11H,2-3,8,10H2,1H3,(H,19,23)/t11-/m1/s1. The zero-order valence-electron chi connectivity index (χ0n) is 13.3. The highest BCUT2D eigenvalue weighted by Gasteiger charge is 2.26. The summed E-state index contributed by atoms with van der Waals surface area (Å²) in [5.41, 5.74) is 0.657. The molecule has 1 amide bonds. The molecule has 2 aromatic rings. The molecule has 0 saturated carbocycles. The van der Waals surface area contributed by atoms with Crippen LogP contribution in [0.2, 0.25) is 5.15 Å². The van der Waals surface area contributed by atoms with Gasteiger partial charge in [-0.1, -0.05) is 11.6 Å². The number of aromatic nitrogens is 3. The summed E-state index contributed by atoms with van der Waals surface area (Å²) in [7, 11) is 1.55. The monoisotopic (exact) mass is 347 g/mol. The maximum atomic E-state index is 12.5. The van der Waals surface area contributed by atoms with Gasteiger partial charge in [0.1, 0.15) is 0 Å². The first-order chi connectivity index (χ1) is 11.7. The molecule has 8 heteroatoms. The summed E-state index contributed by atoms with van der Waals surface area (Å²) in [5.74, 6) is 1.12. The number of anilines is 2. The minimum atomic E-state index is -0.113. The Bertz CT molecular complexity index is 693. The van der Waals surface area contributed by atoms with Crippen LogP contribution in [0.1, 0.15) is 12.8 Å². The van der Waals surface area contributed by atoms with E-state index in [-0.39, 0.29) is 11.8 Å². The third-order valence-electron chi connectivity index (χ3n) is 3.95. The van der Waals surface area contributed by atoms with Gasteiger partial charge in [0.2, 0.25) is 11.8 Å². The molecular formula is C16H18ClN5O2. The van der Waals surface area contributed by atoms with Gasteiger partial charge in [-0.3, -0.25) is 4.79 Å². The van der Waals surface area contributed by atoms with Gasteiger partial charge in [0, 0.05) is 19.2 Å². The topological polar surface area (TPSA) is 80.2 Å². The van der Waals surface area contributed by atoms with Crippen molar-refractivity contribution in [1.29, 1.82) is 0 Å². The van der Waals surface area contributed by atoms with Gasteiger partial charge >= 0.3 is 0 Å². The zero-order valence-corrected chi connectivity index (χ0v) is 14.0. The van der Waals surface area contributed by atoms with Crippen LogP contribution in [0.25, 0.3) is 0 Å². The summed E-state index contributed by atoms with van der Waals surface area (Å²) in [6.45, 7) is 1.45. The van der Waals surface area contributed by atoms with Crippen molar-refractivity contribution >= 4 is 29.0 Å². The molecule has 24 heavy (non-hydrogen) atoms. The van der Waals surface area contributed by atoms with Gasteiger partial charge in [-0.2, -0.15) is 0 Å². The van der Waals surface area contributed by atoms with Gasteiger partial charge < -0.3 is 15.0 Å². The predicted molar refractivity (Wildman–Crippen MR) is 91.4 cm³/mol. The van der Waals surface area contributed by atoms with Gasteiger partial charge in [-0.15, -0.1) is 10.2 Å². The van der Waals surface area contributed by atoms with Crippen LogP contribution in [-0.4, -0.2) is 41.3 Å². The smallest absolute Gasteiger partial charge is 0.229 e. The van der Waals surface area contributed by atoms with Crippen molar-refractivity contribution in [3.8, 4) is 5.88 Å². The lowest BCUT2D eigenvalue weighted by molar-refractivity contribution is -0.120. The lowest BCUT2D eigenvalue weighted by Gasteiger charge is -2.32. The maximum Gasteiger partial charge on any atom is 0.229 e. The molecule has 1 aliphatic rings. The largest absolute Gasteiger partial charge is 0.481 e. The van der Waals surface area contributed by atoms with Crippen molar-refractivity contribution < 1.29 is 9.53 Å². The molecule has 0 aromatic carbocycles. The van der Waals surface area contributed by atoms with Crippen LogP contribution in [0.4, 0.5) is 11.5 Å². The van der Waals surface area contributed by atoms with Crippen LogP contribution in [0.15, 0.2) is 30.5 Å². The first kappa shape index (κ1) is 16.4. The predicted octanol–water partition coefficient (Wildman–Crippen LogP) is 2.39. The molecule has 126 valence electrons. The van der Waals surface area contributed by atoms with Crippen molar-refractivity contribution in [3.05, 3.63) is 35.6 Å². The lowest BCUT2D eigenvalue weighted by atomic mass is 9.97. The van der Waals surface area contributed by atoms with E-state index in [9.17, 15) is 4.79 Å². The minimum absolute atomic E-state index is 0.0198. The maximum absolute atomic E-state index is 12.5. The second-order valence-electron chi connectivity index (χ2n) is 5.58. The Kier molecular flexibility index (Phi) is 5.10. The van der Waals surface area contributed by atoms with Crippen molar-refractivity contribution in [2.45, 2.75) is 12.8 Å². The average molecular weight is 348 g/mol. The Morgan fingerprint density at radius 2 is 2.21 bits per heavy atom. The molecule has 0 aliphatic carbocycles. The summed E-state index contributed by atoms with van der Waals surface area (Å²) < 4.78 is 5.01. The molecule has 0 bridgehead atoms. The van der Waals surface area contributed by atoms with E-state index in [1.807, 2.05) is 6.07 Å². The van der Waals surface area contributed by atoms with E-state index in [2.05, 4.69) is 25.4 Å². The van der Waals surface area contributed by atoms with Crippen LogP contribution >= 0.6 is 11.6 Å². The fourth-order valence-corrected chi connectivity index (χ4v) is 2.80. The summed E-state index contributed by atoms with van der Waals surface area (Å²) in [5, 5.41) is 11.2. The Morgan fingerprint density at radius 3 is 2.88 bits per heavy atom. The van der Waals surface area contributed by atoms with Crippen LogP contribution in [0.5, 0.6) is 5.88 Å². The number of hydrogen-bond donors (Lipinski definition) is 1. The number of nitrogens with one attached hydrogen (secondary N) is 1. The third-order valence-corrected chi connectivity index (χ3v) is 4.15. The van der Waals surface area contributed by atoms with Crippen LogP contribution in [-0.2, 0) is 4.79 Å². The van der Waals surface area contributed by atoms with E-state index in [1.54, 1.807) is 31.5 Å². The molecule has 1 saturated heterocycles. The summed E-state index contributed by atoms with van der Waals surface area (Å²) in [4.78, 5) is 18.6. The summed E-state index contributed by atoms with van der Waals surface area (Å²) in [6, 6.07) is 7.01. The first-order valence-electron chi connectivity index (χ1n) is 7.71. The number of rotatable bonds is 4. The lowest BCUT2D eigenvalue weighted by Crippen LogP contribution is -2.41. The number of carbonyl (C=O) groups excluding carboxylic acids is 1. The number of hydrogen-bond acceptors (Lipinski definition) is 6. The van der Waals surface area contributed by atoms with Gasteiger partial charge in [0.05, 0.1) is 24.9 Å². The van der Waals surface area contributed by atoms with E-state index in [0.29, 0.717) is 23.3 Å². The van der Waals surface area contributed by atoms with Gasteiger partial charge in [0.25, 0.3) is 0 Å². The summed E-state index contributed by atoms with van der Waals surface area (Å²) >= 11 is 5.77. The van der Waals surface area contributed by atoms with Crippen molar-refractivity contribution in [2.24, 2.45) is 5.92 Å². The summed E-state index contributed by atoms with van der Waals surface area (Å²) in [6.07, 6.45) is 3.35. The zero-order chi connectivity index (χ0) is 16.9. The van der Waals surface area contributed by atoms with E-state index < -0.39 is 0 Å². The molecule has 3 rings (SSSR count). The quantitative estimate of drug-likeness (QED) is 0.914. The first-order valence-corrected chi connectivity index (χ1v) is 8.08. The van der Waals surface area contributed by atoms with Gasteiger partial charge in [0.15, 0.2) is 11.0 Å². The van der Waals surface area contributed by atoms with Crippen LogP contribution in [0, 0.1) is 5.92 Å². The fraction of sp³-hybridized carbons (Fsp3) is 0.375. The molecule has 3 heterocycles. The number of nitrogens with zero attached hydrogens (tertiary/aromatic N) is 4. The molecule has 1 aliphatic heterocycles. The average Bonchev–Trinajstić information content (AvgIpc) is 2.63. The number of halogens is 1. The third kappa shape index (κ3) is 3.91. The number of piperidine rings is 1. The second kappa shape index (κ2) is 7.44. The molecule has 1 fully saturated rings. The molecule has 0 radical (unpaired) electrons. The molecule has 7 nitrogen and oxygen atoms in total. The Hall–Kier alpha value is -2.41. The van der Waals surface area contributed by atoms with Gasteiger partial charge in [-0.25, -0.2) is 4.98 Å². The van der Waals surface area contributed by atoms with Crippen LogP contribution in [0.3, 0.4) is 0 Å². The number of amides is 1. The SMILES string of the molecule is COc1ccc(NC(=O)[C@@H]2CCCN(c3ccc(Cl)nn3)C2)cn1. The normalized spacial score (nSPS) is 17.4. The number of methoxy groups -OCH3 is 1. The number of carbonyl (C=O) groups is 1. The number of ether oxygens (including phenoxy) is 1.